The number of rotatable bonds is 5. The van der Waals surface area contributed by atoms with Crippen LogP contribution in [0.5, 0.6) is 0 Å². The van der Waals surface area contributed by atoms with E-state index in [9.17, 15) is 9.59 Å². The summed E-state index contributed by atoms with van der Waals surface area (Å²) >= 11 is -0.366. The topological polar surface area (TPSA) is 71.1 Å². The Labute approximate surface area is 186 Å². The first kappa shape index (κ1) is 20.8. The molecule has 0 bridgehead atoms. The van der Waals surface area contributed by atoms with Gasteiger partial charge in [0.25, 0.3) is 0 Å². The minimum absolute atomic E-state index is 0.189. The third-order valence-electron chi connectivity index (χ3n) is 4.81. The molecule has 3 aromatic carbocycles. The van der Waals surface area contributed by atoms with E-state index in [-0.39, 0.29) is 26.3 Å². The van der Waals surface area contributed by atoms with Crippen LogP contribution in [0.3, 0.4) is 0 Å². The summed E-state index contributed by atoms with van der Waals surface area (Å²) in [6.45, 7) is 3.97. The fourth-order valence-corrected chi connectivity index (χ4v) is 4.70. The first-order valence-corrected chi connectivity index (χ1v) is 11.5. The Hall–Kier alpha value is -3.47. The number of hydrogen-bond donors (Lipinski definition) is 2. The number of amides is 2. The average Bonchev–Trinajstić information content (AvgIpc) is 3.25. The Bertz CT molecular complexity index is 1250. The fraction of sp³-hybridized carbons (Fsp3) is 0.0800. The van der Waals surface area contributed by atoms with Crippen LogP contribution >= 0.6 is 0 Å². The minimum atomic E-state index is -0.366. The van der Waals surface area contributed by atoms with Crippen LogP contribution in [0.4, 0.5) is 10.4 Å². The Balaban J connectivity index is 1.45. The number of hydrogen-bond acceptors (Lipinski definition) is 3. The Morgan fingerprint density at radius 3 is 2.35 bits per heavy atom. The van der Waals surface area contributed by atoms with Crippen LogP contribution in [-0.4, -0.2) is 31.3 Å². The molecule has 0 radical (unpaired) electrons. The second-order valence-corrected chi connectivity index (χ2v) is 9.37. The molecule has 1 heterocycles. The number of carbonyl (C=O) groups is 2. The zero-order valence-corrected chi connectivity index (χ0v) is 18.9. The van der Waals surface area contributed by atoms with Crippen molar-refractivity contribution in [1.29, 1.82) is 0 Å². The predicted molar refractivity (Wildman–Crippen MR) is 125 cm³/mol. The third-order valence-corrected chi connectivity index (χ3v) is 6.72. The monoisotopic (exact) mass is 475 g/mol. The van der Waals surface area contributed by atoms with Crippen molar-refractivity contribution in [3.63, 3.8) is 0 Å². The molecule has 0 fully saturated rings. The second-order valence-electron chi connectivity index (χ2n) is 7.20. The van der Waals surface area contributed by atoms with E-state index in [2.05, 4.69) is 15.6 Å². The van der Waals surface area contributed by atoms with Crippen LogP contribution in [-0.2, 0) is 0 Å². The van der Waals surface area contributed by atoms with Gasteiger partial charge in [0.1, 0.15) is 0 Å². The molecule has 0 saturated heterocycles. The third kappa shape index (κ3) is 5.00. The summed E-state index contributed by atoms with van der Waals surface area (Å²) in [7, 11) is 0. The summed E-state index contributed by atoms with van der Waals surface area (Å²) in [5.74, 6) is -0.422. The molecule has 0 saturated carbocycles. The van der Waals surface area contributed by atoms with Crippen LogP contribution in [0, 0.1) is 13.8 Å². The molecular weight excluding hydrogens is 453 g/mol. The van der Waals surface area contributed by atoms with Crippen LogP contribution < -0.4 is 10.6 Å². The molecular formula is C25H21N3O2Se. The van der Waals surface area contributed by atoms with Crippen molar-refractivity contribution in [3.05, 3.63) is 100 Å². The molecule has 0 atom stereocenters. The van der Waals surface area contributed by atoms with Gasteiger partial charge in [-0.15, -0.1) is 0 Å². The van der Waals surface area contributed by atoms with E-state index in [0.717, 1.165) is 27.9 Å². The van der Waals surface area contributed by atoms with Gasteiger partial charge in [-0.3, -0.25) is 0 Å². The zero-order valence-electron chi connectivity index (χ0n) is 17.2. The summed E-state index contributed by atoms with van der Waals surface area (Å²) in [5, 5.41) is 5.78. The van der Waals surface area contributed by atoms with Crippen LogP contribution in [0.15, 0.2) is 79.0 Å². The summed E-state index contributed by atoms with van der Waals surface area (Å²) in [6.07, 6.45) is 1.54. The molecule has 0 spiro atoms. The normalized spacial score (nSPS) is 10.5. The quantitative estimate of drug-likeness (QED) is 0.403. The number of aryl methyl sites for hydroxylation is 2. The van der Waals surface area contributed by atoms with Crippen molar-refractivity contribution in [3.8, 4) is 11.1 Å². The summed E-state index contributed by atoms with van der Waals surface area (Å²) in [6, 6.07) is 23.2. The van der Waals surface area contributed by atoms with Gasteiger partial charge in [0.15, 0.2) is 0 Å². The molecule has 2 amide bonds. The first-order chi connectivity index (χ1) is 15.0. The van der Waals surface area contributed by atoms with E-state index < -0.39 is 0 Å². The molecule has 1 aromatic heterocycles. The van der Waals surface area contributed by atoms with Crippen molar-refractivity contribution in [2.45, 2.75) is 13.8 Å². The van der Waals surface area contributed by atoms with Gasteiger partial charge in [0, 0.05) is 0 Å². The Kier molecular flexibility index (Phi) is 6.12. The van der Waals surface area contributed by atoms with Gasteiger partial charge in [-0.05, 0) is 0 Å². The average molecular weight is 474 g/mol. The van der Waals surface area contributed by atoms with Crippen molar-refractivity contribution >= 4 is 36.7 Å². The molecule has 6 heteroatoms. The van der Waals surface area contributed by atoms with Gasteiger partial charge >= 0.3 is 187 Å². The van der Waals surface area contributed by atoms with E-state index in [4.69, 9.17) is 0 Å². The van der Waals surface area contributed by atoms with Gasteiger partial charge in [0.05, 0.1) is 0 Å². The summed E-state index contributed by atoms with van der Waals surface area (Å²) < 4.78 is 1.09. The van der Waals surface area contributed by atoms with Crippen LogP contribution in [0.1, 0.15) is 30.7 Å². The number of nitrogens with zero attached hydrogens (tertiary/aromatic N) is 1. The van der Waals surface area contributed by atoms with Crippen LogP contribution in [0.2, 0.25) is 0 Å². The van der Waals surface area contributed by atoms with Crippen molar-refractivity contribution in [1.82, 2.24) is 4.98 Å². The molecule has 0 aliphatic heterocycles. The van der Waals surface area contributed by atoms with Gasteiger partial charge in [-0.1, -0.05) is 0 Å². The van der Waals surface area contributed by atoms with Crippen molar-refractivity contribution in [2.75, 3.05) is 10.6 Å². The number of aromatic nitrogens is 1. The van der Waals surface area contributed by atoms with Gasteiger partial charge in [-0.2, -0.15) is 0 Å². The van der Waals surface area contributed by atoms with Crippen molar-refractivity contribution in [2.24, 2.45) is 0 Å². The molecule has 0 unspecified atom stereocenters. The molecule has 4 aromatic rings. The predicted octanol–water partition coefficient (Wildman–Crippen LogP) is 4.93. The molecule has 2 N–H and O–H groups in total. The maximum atomic E-state index is 12.7. The van der Waals surface area contributed by atoms with E-state index in [0.29, 0.717) is 14.7 Å². The second kappa shape index (κ2) is 9.13. The maximum absolute atomic E-state index is 12.7. The van der Waals surface area contributed by atoms with Gasteiger partial charge in [0.2, 0.25) is 0 Å². The molecule has 0 aliphatic carbocycles. The summed E-state index contributed by atoms with van der Waals surface area (Å²) in [5.41, 5.74) is 5.50. The Morgan fingerprint density at radius 2 is 1.58 bits per heavy atom. The molecule has 154 valence electrons. The first-order valence-electron chi connectivity index (χ1n) is 9.81. The molecule has 5 nitrogen and oxygen atoms in total. The number of nitrogens with one attached hydrogen (secondary N) is 2. The Morgan fingerprint density at radius 1 is 0.806 bits per heavy atom. The zero-order chi connectivity index (χ0) is 21.8. The van der Waals surface area contributed by atoms with Crippen LogP contribution in [0.25, 0.3) is 11.1 Å². The molecule has 0 aliphatic rings. The summed E-state index contributed by atoms with van der Waals surface area (Å²) in [4.78, 5) is 29.6. The fourth-order valence-electron chi connectivity index (χ4n) is 3.21. The standard InChI is InChI=1S/C25H21N3O2Se/c1-16-11-12-21(17(2)13-16)27-24(30)22-15-26-25(31-22)28-23(29)20-10-6-9-19(14-20)18-7-4-3-5-8-18/h3-15H,1-2H3,(H,27,30)(H,26,28,29). The SMILES string of the molecule is Cc1ccc(NC(=O)c2cnc(NC(=O)c3cccc(-c4ccccc4)c3)[se]2)c(C)c1. The van der Waals surface area contributed by atoms with E-state index >= 15 is 0 Å². The number of carbonyl (C=O) groups excluding carboxylic acids is 2. The van der Waals surface area contributed by atoms with Gasteiger partial charge < -0.3 is 0 Å². The number of anilines is 2. The van der Waals surface area contributed by atoms with E-state index in [1.165, 1.54) is 6.20 Å². The van der Waals surface area contributed by atoms with Crippen molar-refractivity contribution < 1.29 is 9.59 Å². The van der Waals surface area contributed by atoms with E-state index in [1.54, 1.807) is 6.07 Å². The molecule has 31 heavy (non-hydrogen) atoms. The van der Waals surface area contributed by atoms with E-state index in [1.807, 2.05) is 80.6 Å². The van der Waals surface area contributed by atoms with Gasteiger partial charge in [-0.25, -0.2) is 0 Å². The number of benzene rings is 3. The molecule has 4 rings (SSSR count).